The van der Waals surface area contributed by atoms with E-state index in [2.05, 4.69) is 4.74 Å². The van der Waals surface area contributed by atoms with Crippen molar-refractivity contribution >= 4 is 17.7 Å². The number of ether oxygens (including phenoxy) is 2. The average Bonchev–Trinajstić information content (AvgIpc) is 2.74. The molecule has 1 aromatic rings. The van der Waals surface area contributed by atoms with Crippen molar-refractivity contribution in [3.05, 3.63) is 29.8 Å². The fourth-order valence-corrected chi connectivity index (χ4v) is 1.55. The zero-order valence-electron chi connectivity index (χ0n) is 8.80. The van der Waals surface area contributed by atoms with E-state index in [0.717, 1.165) is 0 Å². The third-order valence-corrected chi connectivity index (χ3v) is 2.34. The van der Waals surface area contributed by atoms with E-state index in [9.17, 15) is 9.59 Å². The Balaban J connectivity index is 2.28. The van der Waals surface area contributed by atoms with Crippen LogP contribution in [-0.2, 0) is 9.47 Å². The van der Waals surface area contributed by atoms with E-state index in [4.69, 9.17) is 4.74 Å². The predicted molar refractivity (Wildman–Crippen MR) is 56.5 cm³/mol. The number of rotatable bonds is 2. The van der Waals surface area contributed by atoms with Crippen LogP contribution in [0.25, 0.3) is 0 Å². The lowest BCUT2D eigenvalue weighted by Gasteiger charge is -2.13. The maximum Gasteiger partial charge on any atom is 0.414 e. The molecule has 2 rings (SSSR count). The molecule has 0 spiro atoms. The van der Waals surface area contributed by atoms with Crippen molar-refractivity contribution in [2.45, 2.75) is 0 Å². The van der Waals surface area contributed by atoms with Gasteiger partial charge in [0.15, 0.2) is 0 Å². The Morgan fingerprint density at radius 1 is 1.50 bits per heavy atom. The number of cyclic esters (lactones) is 1. The maximum atomic E-state index is 11.3. The van der Waals surface area contributed by atoms with Crippen LogP contribution in [0, 0.1) is 0 Å². The molecule has 1 saturated heterocycles. The third kappa shape index (κ3) is 1.84. The molecule has 1 heterocycles. The number of carbonyl (C=O) groups is 2. The number of methoxy groups -OCH3 is 1. The second kappa shape index (κ2) is 4.22. The van der Waals surface area contributed by atoms with Crippen LogP contribution < -0.4 is 4.90 Å². The third-order valence-electron chi connectivity index (χ3n) is 2.34. The molecule has 5 heteroatoms. The summed E-state index contributed by atoms with van der Waals surface area (Å²) in [4.78, 5) is 24.1. The summed E-state index contributed by atoms with van der Waals surface area (Å²) in [5.74, 6) is -0.422. The SMILES string of the molecule is COC(=O)c1cccc(N2CCOC2=O)c1. The van der Waals surface area contributed by atoms with Gasteiger partial charge in [-0.15, -0.1) is 0 Å². The molecule has 1 aromatic carbocycles. The summed E-state index contributed by atoms with van der Waals surface area (Å²) in [5, 5.41) is 0. The van der Waals surface area contributed by atoms with Gasteiger partial charge in [0, 0.05) is 5.69 Å². The normalized spacial score (nSPS) is 14.8. The lowest BCUT2D eigenvalue weighted by Crippen LogP contribution is -2.23. The number of hydrogen-bond acceptors (Lipinski definition) is 4. The van der Waals surface area contributed by atoms with Crippen LogP contribution in [0.1, 0.15) is 10.4 Å². The smallest absolute Gasteiger partial charge is 0.414 e. The van der Waals surface area contributed by atoms with E-state index < -0.39 is 5.97 Å². The molecule has 0 bridgehead atoms. The van der Waals surface area contributed by atoms with Crippen molar-refractivity contribution in [1.29, 1.82) is 0 Å². The fourth-order valence-electron chi connectivity index (χ4n) is 1.55. The molecule has 0 unspecified atom stereocenters. The Hall–Kier alpha value is -2.04. The van der Waals surface area contributed by atoms with Gasteiger partial charge in [0.25, 0.3) is 0 Å². The standard InChI is InChI=1S/C11H11NO4/c1-15-10(13)8-3-2-4-9(7-8)12-5-6-16-11(12)14/h2-4,7H,5-6H2,1H3. The summed E-state index contributed by atoms with van der Waals surface area (Å²) >= 11 is 0. The molecule has 84 valence electrons. The zero-order chi connectivity index (χ0) is 11.5. The molecule has 0 saturated carbocycles. The van der Waals surface area contributed by atoms with Gasteiger partial charge in [0.2, 0.25) is 0 Å². The van der Waals surface area contributed by atoms with Crippen LogP contribution in [0.4, 0.5) is 10.5 Å². The number of carbonyl (C=O) groups excluding carboxylic acids is 2. The molecule has 1 aliphatic rings. The largest absolute Gasteiger partial charge is 0.465 e. The van der Waals surface area contributed by atoms with Gasteiger partial charge in [-0.2, -0.15) is 0 Å². The summed E-state index contributed by atoms with van der Waals surface area (Å²) < 4.78 is 9.42. The van der Waals surface area contributed by atoms with E-state index in [0.29, 0.717) is 24.4 Å². The van der Waals surface area contributed by atoms with Gasteiger partial charge in [0.1, 0.15) is 6.61 Å². The summed E-state index contributed by atoms with van der Waals surface area (Å²) in [5.41, 5.74) is 1.06. The molecular weight excluding hydrogens is 210 g/mol. The van der Waals surface area contributed by atoms with E-state index in [1.807, 2.05) is 0 Å². The number of benzene rings is 1. The Morgan fingerprint density at radius 2 is 2.31 bits per heavy atom. The monoisotopic (exact) mass is 221 g/mol. The van der Waals surface area contributed by atoms with Crippen LogP contribution in [0.3, 0.4) is 0 Å². The molecule has 0 N–H and O–H groups in total. The van der Waals surface area contributed by atoms with Gasteiger partial charge in [-0.3, -0.25) is 4.90 Å². The van der Waals surface area contributed by atoms with E-state index >= 15 is 0 Å². The summed E-state index contributed by atoms with van der Waals surface area (Å²) in [6, 6.07) is 6.70. The fraction of sp³-hybridized carbons (Fsp3) is 0.273. The van der Waals surface area contributed by atoms with Gasteiger partial charge >= 0.3 is 12.1 Å². The van der Waals surface area contributed by atoms with Crippen LogP contribution >= 0.6 is 0 Å². The first-order chi connectivity index (χ1) is 7.72. The molecule has 5 nitrogen and oxygen atoms in total. The predicted octanol–water partition coefficient (Wildman–Crippen LogP) is 1.43. The second-order valence-electron chi connectivity index (χ2n) is 3.31. The van der Waals surface area contributed by atoms with Gasteiger partial charge in [-0.25, -0.2) is 9.59 Å². The van der Waals surface area contributed by atoms with Crippen molar-refractivity contribution < 1.29 is 19.1 Å². The molecule has 1 aliphatic heterocycles. The van der Waals surface area contributed by atoms with E-state index in [1.54, 1.807) is 24.3 Å². The highest BCUT2D eigenvalue weighted by molar-refractivity contribution is 5.94. The van der Waals surface area contributed by atoms with Crippen molar-refractivity contribution in [2.75, 3.05) is 25.2 Å². The first-order valence-electron chi connectivity index (χ1n) is 4.85. The van der Waals surface area contributed by atoms with Crippen LogP contribution in [0.15, 0.2) is 24.3 Å². The molecule has 0 aromatic heterocycles. The van der Waals surface area contributed by atoms with Gasteiger partial charge in [-0.05, 0) is 18.2 Å². The van der Waals surface area contributed by atoms with Gasteiger partial charge in [0.05, 0.1) is 19.2 Å². The Bertz CT molecular complexity index is 430. The van der Waals surface area contributed by atoms with E-state index in [-0.39, 0.29) is 6.09 Å². The molecular formula is C11H11NO4. The average molecular weight is 221 g/mol. The minimum Gasteiger partial charge on any atom is -0.465 e. The molecule has 0 radical (unpaired) electrons. The highest BCUT2D eigenvalue weighted by Crippen LogP contribution is 2.20. The van der Waals surface area contributed by atoms with Gasteiger partial charge < -0.3 is 9.47 Å². The Kier molecular flexibility index (Phi) is 2.76. The number of nitrogens with zero attached hydrogens (tertiary/aromatic N) is 1. The molecule has 0 aliphatic carbocycles. The zero-order valence-corrected chi connectivity index (χ0v) is 8.80. The van der Waals surface area contributed by atoms with Gasteiger partial charge in [-0.1, -0.05) is 6.07 Å². The Labute approximate surface area is 92.6 Å². The number of amides is 1. The van der Waals surface area contributed by atoms with Crippen LogP contribution in [0.2, 0.25) is 0 Å². The summed E-state index contributed by atoms with van der Waals surface area (Å²) in [6.45, 7) is 0.880. The Morgan fingerprint density at radius 3 is 2.94 bits per heavy atom. The maximum absolute atomic E-state index is 11.3. The van der Waals surface area contributed by atoms with Crippen LogP contribution in [-0.4, -0.2) is 32.3 Å². The number of esters is 1. The minimum absolute atomic E-state index is 0.376. The summed E-state index contributed by atoms with van der Waals surface area (Å²) in [7, 11) is 1.32. The molecule has 1 amide bonds. The van der Waals surface area contributed by atoms with Crippen molar-refractivity contribution in [2.24, 2.45) is 0 Å². The lowest BCUT2D eigenvalue weighted by molar-refractivity contribution is 0.0600. The topological polar surface area (TPSA) is 55.8 Å². The first kappa shape index (κ1) is 10.5. The molecule has 16 heavy (non-hydrogen) atoms. The first-order valence-corrected chi connectivity index (χ1v) is 4.85. The van der Waals surface area contributed by atoms with Crippen LogP contribution in [0.5, 0.6) is 0 Å². The molecule has 1 fully saturated rings. The quantitative estimate of drug-likeness (QED) is 0.709. The van der Waals surface area contributed by atoms with Crippen molar-refractivity contribution in [3.63, 3.8) is 0 Å². The van der Waals surface area contributed by atoms with Crippen molar-refractivity contribution in [1.82, 2.24) is 0 Å². The summed E-state index contributed by atoms with van der Waals surface area (Å²) in [6.07, 6.45) is -0.387. The lowest BCUT2D eigenvalue weighted by atomic mass is 10.2. The highest BCUT2D eigenvalue weighted by Gasteiger charge is 2.24. The van der Waals surface area contributed by atoms with E-state index in [1.165, 1.54) is 12.0 Å². The number of hydrogen-bond donors (Lipinski definition) is 0. The second-order valence-corrected chi connectivity index (χ2v) is 3.31. The number of anilines is 1. The highest BCUT2D eigenvalue weighted by atomic mass is 16.6. The van der Waals surface area contributed by atoms with Crippen molar-refractivity contribution in [3.8, 4) is 0 Å². The minimum atomic E-state index is -0.422. The molecule has 0 atom stereocenters.